The molecular weight excluding hydrogens is 388 g/mol. The first-order valence-corrected chi connectivity index (χ1v) is 10.3. The van der Waals surface area contributed by atoms with Crippen LogP contribution in [0.1, 0.15) is 36.7 Å². The second-order valence-corrected chi connectivity index (χ2v) is 7.44. The lowest BCUT2D eigenvalue weighted by Gasteiger charge is -2.18. The van der Waals surface area contributed by atoms with Gasteiger partial charge in [0, 0.05) is 11.6 Å². The lowest BCUT2D eigenvalue weighted by molar-refractivity contribution is -0.119. The SMILES string of the molecule is CC[C@@H](C)n1c(SCC(=O)NNC(=O)c2ccccc2)nc2ccccc2c1=O. The molecule has 0 spiro atoms. The summed E-state index contributed by atoms with van der Waals surface area (Å²) in [6.45, 7) is 3.94. The van der Waals surface area contributed by atoms with Gasteiger partial charge < -0.3 is 0 Å². The number of para-hydroxylation sites is 1. The molecule has 2 aromatic carbocycles. The van der Waals surface area contributed by atoms with E-state index in [1.165, 1.54) is 0 Å². The Morgan fingerprint density at radius 2 is 1.76 bits per heavy atom. The Kier molecular flexibility index (Phi) is 6.66. The van der Waals surface area contributed by atoms with Crippen molar-refractivity contribution in [1.29, 1.82) is 0 Å². The van der Waals surface area contributed by atoms with Gasteiger partial charge in [0.1, 0.15) is 0 Å². The number of hydrogen-bond donors (Lipinski definition) is 2. The van der Waals surface area contributed by atoms with Crippen LogP contribution < -0.4 is 16.4 Å². The zero-order valence-electron chi connectivity index (χ0n) is 16.2. The van der Waals surface area contributed by atoms with Crippen LogP contribution >= 0.6 is 11.8 Å². The van der Waals surface area contributed by atoms with Gasteiger partial charge in [-0.15, -0.1) is 0 Å². The summed E-state index contributed by atoms with van der Waals surface area (Å²) in [6.07, 6.45) is 0.757. The minimum Gasteiger partial charge on any atom is -0.284 e. The van der Waals surface area contributed by atoms with Gasteiger partial charge in [0.05, 0.1) is 16.7 Å². The number of hydrazine groups is 1. The van der Waals surface area contributed by atoms with Crippen LogP contribution in [-0.4, -0.2) is 27.1 Å². The van der Waals surface area contributed by atoms with Gasteiger partial charge in [0.2, 0.25) is 5.91 Å². The maximum absolute atomic E-state index is 12.9. The molecule has 29 heavy (non-hydrogen) atoms. The number of benzene rings is 2. The third kappa shape index (κ3) is 4.83. The van der Waals surface area contributed by atoms with Crippen LogP contribution in [0.2, 0.25) is 0 Å². The molecule has 8 heteroatoms. The molecular formula is C21H22N4O3S. The van der Waals surface area contributed by atoms with Crippen molar-refractivity contribution in [2.45, 2.75) is 31.5 Å². The van der Waals surface area contributed by atoms with E-state index in [-0.39, 0.29) is 17.4 Å². The smallest absolute Gasteiger partial charge is 0.269 e. The highest BCUT2D eigenvalue weighted by atomic mass is 32.2. The van der Waals surface area contributed by atoms with E-state index in [0.717, 1.165) is 18.2 Å². The normalized spacial score (nSPS) is 11.8. The van der Waals surface area contributed by atoms with Gasteiger partial charge in [-0.1, -0.05) is 49.0 Å². The number of thioether (sulfide) groups is 1. The molecule has 0 bridgehead atoms. The standard InChI is InChI=1S/C21H22N4O3S/c1-3-14(2)25-20(28)16-11-7-8-12-17(16)22-21(25)29-13-18(26)23-24-19(27)15-9-5-4-6-10-15/h4-12,14H,3,13H2,1-2H3,(H,23,26)(H,24,27)/t14-/m1/s1. The van der Waals surface area contributed by atoms with E-state index in [9.17, 15) is 14.4 Å². The number of carbonyl (C=O) groups is 2. The predicted molar refractivity (Wildman–Crippen MR) is 114 cm³/mol. The summed E-state index contributed by atoms with van der Waals surface area (Å²) in [4.78, 5) is 41.7. The minimum absolute atomic E-state index is 0.0102. The highest BCUT2D eigenvalue weighted by Gasteiger charge is 2.17. The minimum atomic E-state index is -0.399. The zero-order chi connectivity index (χ0) is 20.8. The van der Waals surface area contributed by atoms with Crippen molar-refractivity contribution in [3.05, 3.63) is 70.5 Å². The number of rotatable bonds is 6. The first kappa shape index (κ1) is 20.6. The quantitative estimate of drug-likeness (QED) is 0.370. The highest BCUT2D eigenvalue weighted by molar-refractivity contribution is 7.99. The van der Waals surface area contributed by atoms with Gasteiger partial charge in [-0.2, -0.15) is 0 Å². The van der Waals surface area contributed by atoms with Crippen LogP contribution in [0.25, 0.3) is 10.9 Å². The number of fused-ring (bicyclic) bond motifs is 1. The summed E-state index contributed by atoms with van der Waals surface area (Å²) in [5, 5.41) is 1.03. The van der Waals surface area contributed by atoms with Crippen molar-refractivity contribution in [3.8, 4) is 0 Å². The summed E-state index contributed by atoms with van der Waals surface area (Å²) >= 11 is 1.16. The van der Waals surface area contributed by atoms with Gasteiger partial charge >= 0.3 is 0 Å². The summed E-state index contributed by atoms with van der Waals surface area (Å²) in [6, 6.07) is 15.7. The number of amides is 2. The fraction of sp³-hybridized carbons (Fsp3) is 0.238. The summed E-state index contributed by atoms with van der Waals surface area (Å²) in [5.74, 6) is -0.780. The van der Waals surface area contributed by atoms with Crippen molar-refractivity contribution in [2.75, 3.05) is 5.75 Å². The molecule has 0 saturated heterocycles. The monoisotopic (exact) mass is 410 g/mol. The van der Waals surface area contributed by atoms with Crippen LogP contribution in [-0.2, 0) is 4.79 Å². The summed E-state index contributed by atoms with van der Waals surface area (Å²) < 4.78 is 1.63. The largest absolute Gasteiger partial charge is 0.284 e. The van der Waals surface area contributed by atoms with Crippen molar-refractivity contribution in [3.63, 3.8) is 0 Å². The van der Waals surface area contributed by atoms with Gasteiger partial charge in [-0.3, -0.25) is 29.8 Å². The molecule has 2 amide bonds. The highest BCUT2D eigenvalue weighted by Crippen LogP contribution is 2.22. The fourth-order valence-corrected chi connectivity index (χ4v) is 3.65. The molecule has 1 aromatic heterocycles. The Labute approximate surface area is 172 Å². The van der Waals surface area contributed by atoms with Crippen LogP contribution in [0.3, 0.4) is 0 Å². The summed E-state index contributed by atoms with van der Waals surface area (Å²) in [7, 11) is 0. The molecule has 0 aliphatic heterocycles. The Balaban J connectivity index is 1.71. The van der Waals surface area contributed by atoms with E-state index in [1.54, 1.807) is 47.0 Å². The Morgan fingerprint density at radius 1 is 1.07 bits per heavy atom. The van der Waals surface area contributed by atoms with E-state index in [2.05, 4.69) is 15.8 Å². The van der Waals surface area contributed by atoms with Gasteiger partial charge in [-0.25, -0.2) is 4.98 Å². The van der Waals surface area contributed by atoms with Crippen molar-refractivity contribution >= 4 is 34.5 Å². The lowest BCUT2D eigenvalue weighted by Crippen LogP contribution is -2.42. The average Bonchev–Trinajstić information content (AvgIpc) is 2.76. The lowest BCUT2D eigenvalue weighted by atomic mass is 10.2. The molecule has 0 radical (unpaired) electrons. The first-order valence-electron chi connectivity index (χ1n) is 9.29. The second-order valence-electron chi connectivity index (χ2n) is 6.50. The summed E-state index contributed by atoms with van der Waals surface area (Å²) in [5.41, 5.74) is 5.70. The molecule has 3 rings (SSSR count). The molecule has 3 aromatic rings. The first-order chi connectivity index (χ1) is 14.0. The van der Waals surface area contributed by atoms with Crippen LogP contribution in [0.4, 0.5) is 0 Å². The van der Waals surface area contributed by atoms with Crippen LogP contribution in [0.5, 0.6) is 0 Å². The fourth-order valence-electron chi connectivity index (χ4n) is 2.75. The number of aromatic nitrogens is 2. The van der Waals surface area contributed by atoms with Gasteiger partial charge in [0.15, 0.2) is 5.16 Å². The van der Waals surface area contributed by atoms with Crippen molar-refractivity contribution in [2.24, 2.45) is 0 Å². The topological polar surface area (TPSA) is 93.1 Å². The second kappa shape index (κ2) is 9.38. The van der Waals surface area contributed by atoms with Crippen molar-refractivity contribution < 1.29 is 9.59 Å². The molecule has 1 heterocycles. The number of hydrogen-bond acceptors (Lipinski definition) is 5. The maximum atomic E-state index is 12.9. The molecule has 0 aliphatic carbocycles. The molecule has 0 unspecified atom stereocenters. The van der Waals surface area contributed by atoms with Gasteiger partial charge in [-0.05, 0) is 37.6 Å². The third-order valence-corrected chi connectivity index (χ3v) is 5.44. The third-order valence-electron chi connectivity index (χ3n) is 4.49. The van der Waals surface area contributed by atoms with E-state index in [4.69, 9.17) is 0 Å². The van der Waals surface area contributed by atoms with Crippen molar-refractivity contribution in [1.82, 2.24) is 20.4 Å². The maximum Gasteiger partial charge on any atom is 0.269 e. The Hall–Kier alpha value is -3.13. The molecule has 2 N–H and O–H groups in total. The van der Waals surface area contributed by atoms with E-state index >= 15 is 0 Å². The molecule has 1 atom stereocenters. The predicted octanol–water partition coefficient (Wildman–Crippen LogP) is 2.92. The number of nitrogens with zero attached hydrogens (tertiary/aromatic N) is 2. The van der Waals surface area contributed by atoms with E-state index in [0.29, 0.717) is 21.6 Å². The number of nitrogens with one attached hydrogen (secondary N) is 2. The molecule has 0 aliphatic rings. The Morgan fingerprint density at radius 3 is 2.48 bits per heavy atom. The molecule has 7 nitrogen and oxygen atoms in total. The molecule has 150 valence electrons. The van der Waals surface area contributed by atoms with Crippen LogP contribution in [0, 0.1) is 0 Å². The van der Waals surface area contributed by atoms with Crippen LogP contribution in [0.15, 0.2) is 64.5 Å². The van der Waals surface area contributed by atoms with E-state index in [1.807, 2.05) is 26.0 Å². The van der Waals surface area contributed by atoms with Gasteiger partial charge in [0.25, 0.3) is 11.5 Å². The zero-order valence-corrected chi connectivity index (χ0v) is 17.0. The molecule has 0 saturated carbocycles. The molecule has 0 fully saturated rings. The average molecular weight is 410 g/mol. The van der Waals surface area contributed by atoms with E-state index < -0.39 is 11.8 Å². The number of carbonyl (C=O) groups excluding carboxylic acids is 2. The Bertz CT molecular complexity index is 1080.